The minimum absolute atomic E-state index is 0.491. The van der Waals surface area contributed by atoms with Gasteiger partial charge in [-0.15, -0.1) is 0 Å². The molecule has 0 aliphatic carbocycles. The van der Waals surface area contributed by atoms with Crippen molar-refractivity contribution in [3.63, 3.8) is 0 Å². The van der Waals surface area contributed by atoms with E-state index in [1.165, 1.54) is 0 Å². The number of aliphatic hydroxyl groups excluding tert-OH is 1. The summed E-state index contributed by atoms with van der Waals surface area (Å²) in [6, 6.07) is 9.50. The second-order valence-electron chi connectivity index (χ2n) is 3.44. The fraction of sp³-hybridized carbons (Fsp3) is 0.250. The van der Waals surface area contributed by atoms with E-state index >= 15 is 0 Å². The highest BCUT2D eigenvalue weighted by molar-refractivity contribution is 9.09. The van der Waals surface area contributed by atoms with Crippen molar-refractivity contribution in [1.82, 2.24) is 4.98 Å². The fourth-order valence-electron chi connectivity index (χ4n) is 1.62. The molecule has 1 heterocycles. The van der Waals surface area contributed by atoms with Gasteiger partial charge in [-0.2, -0.15) is 0 Å². The second kappa shape index (κ2) is 4.80. The first kappa shape index (κ1) is 11.4. The standard InChI is InChI=1S/C12H12BrNO2/c1-16-11-6-5-8-3-2-4-9(10(15)7-13)12(8)14-11/h2-6,10,15H,7H2,1H3/t10-/m0/s1. The largest absolute Gasteiger partial charge is 0.481 e. The average Bonchev–Trinajstić information content (AvgIpc) is 2.36. The average molecular weight is 282 g/mol. The SMILES string of the molecule is COc1ccc2cccc([C@@H](O)CBr)c2n1. The number of fused-ring (bicyclic) bond motifs is 1. The second-order valence-corrected chi connectivity index (χ2v) is 4.09. The molecule has 0 unspecified atom stereocenters. The van der Waals surface area contributed by atoms with Gasteiger partial charge in [-0.25, -0.2) is 4.98 Å². The minimum Gasteiger partial charge on any atom is -0.481 e. The van der Waals surface area contributed by atoms with E-state index in [-0.39, 0.29) is 0 Å². The number of aromatic nitrogens is 1. The molecule has 1 N–H and O–H groups in total. The summed E-state index contributed by atoms with van der Waals surface area (Å²) in [7, 11) is 1.58. The molecule has 0 fully saturated rings. The molecule has 4 heteroatoms. The van der Waals surface area contributed by atoms with Gasteiger partial charge in [-0.3, -0.25) is 0 Å². The number of pyridine rings is 1. The zero-order valence-corrected chi connectivity index (χ0v) is 10.4. The van der Waals surface area contributed by atoms with Crippen molar-refractivity contribution in [3.8, 4) is 5.88 Å². The molecule has 1 aromatic heterocycles. The van der Waals surface area contributed by atoms with Gasteiger partial charge < -0.3 is 9.84 Å². The Morgan fingerprint density at radius 2 is 2.19 bits per heavy atom. The Kier molecular flexibility index (Phi) is 3.41. The summed E-state index contributed by atoms with van der Waals surface area (Å²) in [5, 5.41) is 11.4. The molecular formula is C12H12BrNO2. The predicted molar refractivity (Wildman–Crippen MR) is 67.0 cm³/mol. The number of para-hydroxylation sites is 1. The van der Waals surface area contributed by atoms with E-state index in [0.717, 1.165) is 16.5 Å². The predicted octanol–water partition coefficient (Wildman–Crippen LogP) is 2.67. The molecule has 1 atom stereocenters. The molecule has 0 bridgehead atoms. The number of nitrogens with zero attached hydrogens (tertiary/aromatic N) is 1. The number of rotatable bonds is 3. The first-order chi connectivity index (χ1) is 7.76. The molecule has 2 rings (SSSR count). The van der Waals surface area contributed by atoms with Crippen LogP contribution in [0.2, 0.25) is 0 Å². The van der Waals surface area contributed by atoms with Crippen LogP contribution in [0.15, 0.2) is 30.3 Å². The summed E-state index contributed by atoms with van der Waals surface area (Å²) >= 11 is 3.26. The third-order valence-electron chi connectivity index (χ3n) is 2.44. The summed E-state index contributed by atoms with van der Waals surface area (Å²) in [5.41, 5.74) is 1.60. The van der Waals surface area contributed by atoms with Crippen molar-refractivity contribution in [2.45, 2.75) is 6.10 Å². The van der Waals surface area contributed by atoms with Crippen LogP contribution in [0.25, 0.3) is 10.9 Å². The summed E-state index contributed by atoms with van der Waals surface area (Å²) in [6.45, 7) is 0. The number of methoxy groups -OCH3 is 1. The third kappa shape index (κ3) is 2.03. The molecular weight excluding hydrogens is 270 g/mol. The number of hydrogen-bond donors (Lipinski definition) is 1. The van der Waals surface area contributed by atoms with Crippen LogP contribution in [0.4, 0.5) is 0 Å². The molecule has 0 saturated carbocycles. The van der Waals surface area contributed by atoms with Gasteiger partial charge in [0, 0.05) is 22.3 Å². The van der Waals surface area contributed by atoms with Gasteiger partial charge in [-0.1, -0.05) is 34.1 Å². The van der Waals surface area contributed by atoms with E-state index < -0.39 is 6.10 Å². The van der Waals surface area contributed by atoms with Gasteiger partial charge >= 0.3 is 0 Å². The van der Waals surface area contributed by atoms with Crippen LogP contribution in [0.5, 0.6) is 5.88 Å². The van der Waals surface area contributed by atoms with Crippen molar-refractivity contribution in [1.29, 1.82) is 0 Å². The number of hydrogen-bond acceptors (Lipinski definition) is 3. The Morgan fingerprint density at radius 1 is 1.38 bits per heavy atom. The van der Waals surface area contributed by atoms with E-state index in [0.29, 0.717) is 11.2 Å². The lowest BCUT2D eigenvalue weighted by Crippen LogP contribution is -2.00. The van der Waals surface area contributed by atoms with Crippen molar-refractivity contribution >= 4 is 26.8 Å². The van der Waals surface area contributed by atoms with Crippen LogP contribution >= 0.6 is 15.9 Å². The maximum Gasteiger partial charge on any atom is 0.213 e. The molecule has 0 saturated heterocycles. The molecule has 2 aromatic rings. The van der Waals surface area contributed by atoms with Crippen LogP contribution in [-0.2, 0) is 0 Å². The number of aliphatic hydroxyl groups is 1. The van der Waals surface area contributed by atoms with Gasteiger partial charge in [0.1, 0.15) is 0 Å². The Morgan fingerprint density at radius 3 is 2.88 bits per heavy atom. The number of halogens is 1. The van der Waals surface area contributed by atoms with E-state index in [1.807, 2.05) is 30.3 Å². The minimum atomic E-state index is -0.552. The fourth-order valence-corrected chi connectivity index (χ4v) is 1.97. The number of ether oxygens (including phenoxy) is 1. The highest BCUT2D eigenvalue weighted by Gasteiger charge is 2.11. The summed E-state index contributed by atoms with van der Waals surface area (Å²) in [6.07, 6.45) is -0.552. The molecule has 0 aliphatic heterocycles. The molecule has 0 aliphatic rings. The van der Waals surface area contributed by atoms with Crippen LogP contribution in [-0.4, -0.2) is 22.5 Å². The smallest absolute Gasteiger partial charge is 0.213 e. The van der Waals surface area contributed by atoms with Gasteiger partial charge in [-0.05, 0) is 6.07 Å². The van der Waals surface area contributed by atoms with Crippen molar-refractivity contribution in [2.75, 3.05) is 12.4 Å². The van der Waals surface area contributed by atoms with E-state index in [1.54, 1.807) is 7.11 Å². The zero-order valence-electron chi connectivity index (χ0n) is 8.85. The maximum absolute atomic E-state index is 9.86. The molecule has 16 heavy (non-hydrogen) atoms. The lowest BCUT2D eigenvalue weighted by Gasteiger charge is -2.10. The number of alkyl halides is 1. The van der Waals surface area contributed by atoms with Crippen molar-refractivity contribution < 1.29 is 9.84 Å². The van der Waals surface area contributed by atoms with Crippen molar-refractivity contribution in [3.05, 3.63) is 35.9 Å². The van der Waals surface area contributed by atoms with Crippen molar-refractivity contribution in [2.24, 2.45) is 0 Å². The lowest BCUT2D eigenvalue weighted by atomic mass is 10.1. The van der Waals surface area contributed by atoms with Crippen LogP contribution in [0.3, 0.4) is 0 Å². The molecule has 3 nitrogen and oxygen atoms in total. The molecule has 84 valence electrons. The van der Waals surface area contributed by atoms with Gasteiger partial charge in [0.15, 0.2) is 0 Å². The normalized spacial score (nSPS) is 12.7. The molecule has 1 aromatic carbocycles. The highest BCUT2D eigenvalue weighted by atomic mass is 79.9. The third-order valence-corrected chi connectivity index (χ3v) is 3.05. The molecule has 0 spiro atoms. The summed E-state index contributed by atoms with van der Waals surface area (Å²) < 4.78 is 5.09. The Hall–Kier alpha value is -1.13. The maximum atomic E-state index is 9.86. The number of benzene rings is 1. The topological polar surface area (TPSA) is 42.4 Å². The van der Waals surface area contributed by atoms with Crippen LogP contribution in [0.1, 0.15) is 11.7 Å². The van der Waals surface area contributed by atoms with E-state index in [4.69, 9.17) is 4.74 Å². The Bertz CT molecular complexity index is 501. The van der Waals surface area contributed by atoms with Gasteiger partial charge in [0.25, 0.3) is 0 Å². The van der Waals surface area contributed by atoms with Gasteiger partial charge in [0.2, 0.25) is 5.88 Å². The zero-order chi connectivity index (χ0) is 11.5. The summed E-state index contributed by atoms with van der Waals surface area (Å²) in [5.74, 6) is 0.557. The van der Waals surface area contributed by atoms with E-state index in [2.05, 4.69) is 20.9 Å². The van der Waals surface area contributed by atoms with Gasteiger partial charge in [0.05, 0.1) is 18.7 Å². The molecule has 0 amide bonds. The first-order valence-electron chi connectivity index (χ1n) is 4.94. The summed E-state index contributed by atoms with van der Waals surface area (Å²) in [4.78, 5) is 4.36. The molecule has 0 radical (unpaired) electrons. The Balaban J connectivity index is 2.64. The first-order valence-corrected chi connectivity index (χ1v) is 6.06. The van der Waals surface area contributed by atoms with Crippen LogP contribution in [0, 0.1) is 0 Å². The quantitative estimate of drug-likeness (QED) is 0.880. The highest BCUT2D eigenvalue weighted by Crippen LogP contribution is 2.25. The van der Waals surface area contributed by atoms with Crippen LogP contribution < -0.4 is 4.74 Å². The Labute approximate surface area is 102 Å². The lowest BCUT2D eigenvalue weighted by molar-refractivity contribution is 0.207. The van der Waals surface area contributed by atoms with E-state index in [9.17, 15) is 5.11 Å². The monoisotopic (exact) mass is 281 g/mol.